The van der Waals surface area contributed by atoms with Crippen molar-refractivity contribution in [1.29, 1.82) is 0 Å². The Bertz CT molecular complexity index is 8.00. The smallest absolute Gasteiger partial charge is 0 e. The molecule has 0 fully saturated rings. The second-order valence-corrected chi connectivity index (χ2v) is 0. The van der Waals surface area contributed by atoms with Crippen LogP contribution in [0.5, 0.6) is 0 Å². The first-order chi connectivity index (χ1) is 0. The molecule has 0 atom stereocenters. The van der Waals surface area contributed by atoms with Crippen LogP contribution in [0.25, 0.3) is 0 Å². The number of hydrogen-bond donors (Lipinski definition) is 0. The van der Waals surface area contributed by atoms with Gasteiger partial charge in [-0.15, -0.1) is 0 Å². The average molecular weight is 186 g/mol. The molecule has 0 aromatic carbocycles. The van der Waals surface area contributed by atoms with Crippen molar-refractivity contribution in [2.75, 3.05) is 0 Å². The van der Waals surface area contributed by atoms with E-state index >= 15 is 0 Å². The molecule has 4 heteroatoms. The largest absolute Gasteiger partial charge is 0 e. The van der Waals surface area contributed by atoms with Crippen molar-refractivity contribution in [3.8, 4) is 0 Å². The Morgan fingerprint density at radius 1 is 1.00 bits per heavy atom. The zero-order valence-corrected chi connectivity index (χ0v) is 6.59. The zero-order chi connectivity index (χ0) is 0. The van der Waals surface area contributed by atoms with Gasteiger partial charge in [-0.1, -0.05) is 0 Å². The third-order valence-electron chi connectivity index (χ3n) is 0. The van der Waals surface area contributed by atoms with Crippen LogP contribution in [-0.2, 0) is 53.0 Å². The predicted octanol–water partition coefficient (Wildman–Crippen LogP) is -0.388. The van der Waals surface area contributed by atoms with E-state index in [-0.39, 0.29) is 64.0 Å². The molecule has 0 nitrogen and oxygen atoms in total. The van der Waals surface area contributed by atoms with Gasteiger partial charge in [0.15, 0.2) is 0 Å². The maximum Gasteiger partial charge on any atom is 0 e. The van der Waals surface area contributed by atoms with E-state index in [2.05, 4.69) is 0 Å². The molecule has 0 saturated heterocycles. The van der Waals surface area contributed by atoms with Crippen molar-refractivity contribution in [3.63, 3.8) is 0 Å². The van der Waals surface area contributed by atoms with Gasteiger partial charge >= 0.3 is 0 Å². The fraction of sp³-hybridized carbons (Fsp3) is 0. The van der Waals surface area contributed by atoms with Gasteiger partial charge in [0.2, 0.25) is 0 Å². The summed E-state index contributed by atoms with van der Waals surface area (Å²) < 4.78 is 0. The van der Waals surface area contributed by atoms with E-state index in [1.807, 2.05) is 0 Å². The van der Waals surface area contributed by atoms with Crippen LogP contribution in [0.1, 0.15) is 0 Å². The molecule has 0 aliphatic carbocycles. The van der Waals surface area contributed by atoms with E-state index < -0.39 is 0 Å². The van der Waals surface area contributed by atoms with Gasteiger partial charge in [0.25, 0.3) is 0 Å². The summed E-state index contributed by atoms with van der Waals surface area (Å²) in [6.45, 7) is 0. The van der Waals surface area contributed by atoms with Gasteiger partial charge in [-0.2, -0.15) is 0 Å². The first kappa shape index (κ1) is 40.1. The minimum Gasteiger partial charge on any atom is 0 e. The van der Waals surface area contributed by atoms with Crippen LogP contribution < -0.4 is 0 Å². The van der Waals surface area contributed by atoms with Gasteiger partial charge in [-0.25, -0.2) is 0 Å². The predicted molar refractivity (Wildman–Crippen MR) is 5.75 cm³/mol. The molecule has 0 saturated carbocycles. The fourth-order valence-electron chi connectivity index (χ4n) is 0. The van der Waals surface area contributed by atoms with Crippen LogP contribution in [0, 0.1) is 0 Å². The molecule has 22 valence electrons. The minimum atomic E-state index is 0. The Labute approximate surface area is 63.6 Å². The summed E-state index contributed by atoms with van der Waals surface area (Å²) in [4.78, 5) is 0. The Morgan fingerprint density at radius 2 is 1.00 bits per heavy atom. The van der Waals surface area contributed by atoms with Crippen molar-refractivity contribution in [2.24, 2.45) is 0 Å². The van der Waals surface area contributed by atoms with Gasteiger partial charge < -0.3 is 0 Å². The van der Waals surface area contributed by atoms with Gasteiger partial charge in [0, 0.05) is 64.0 Å². The third-order valence-corrected chi connectivity index (χ3v) is 0. The standard InChI is InChI=1S/Cr.Mn.Si.V. The van der Waals surface area contributed by atoms with Crippen LogP contribution in [0.4, 0.5) is 0 Å². The number of hydrogen-bond acceptors (Lipinski definition) is 0. The molecule has 0 aliphatic rings. The molecule has 0 aromatic rings. The summed E-state index contributed by atoms with van der Waals surface area (Å²) >= 11 is 0. The molecule has 0 amide bonds. The maximum absolute atomic E-state index is 0. The molecule has 6 radical (unpaired) electrons. The molecule has 0 aromatic heterocycles. The van der Waals surface area contributed by atoms with E-state index in [0.29, 0.717) is 0 Å². The third kappa shape index (κ3) is 9.13. The van der Waals surface area contributed by atoms with Crippen molar-refractivity contribution in [1.82, 2.24) is 0 Å². The Morgan fingerprint density at radius 3 is 1.00 bits per heavy atom. The molecular weight excluding hydrogens is 186 g/mol. The molecule has 0 spiro atoms. The van der Waals surface area contributed by atoms with Gasteiger partial charge in [-0.3, -0.25) is 0 Å². The summed E-state index contributed by atoms with van der Waals surface area (Å²) in [7, 11) is 0. The van der Waals surface area contributed by atoms with E-state index in [0.717, 1.165) is 0 Å². The van der Waals surface area contributed by atoms with Crippen LogP contribution in [0.2, 0.25) is 0 Å². The topological polar surface area (TPSA) is 0 Å². The molecule has 0 rings (SSSR count). The van der Waals surface area contributed by atoms with Crippen molar-refractivity contribution in [2.45, 2.75) is 0 Å². The number of rotatable bonds is 0. The summed E-state index contributed by atoms with van der Waals surface area (Å²) in [5.74, 6) is 0. The Balaban J connectivity index is 0. The maximum atomic E-state index is 0. The van der Waals surface area contributed by atoms with E-state index in [1.54, 1.807) is 0 Å². The van der Waals surface area contributed by atoms with Crippen LogP contribution >= 0.6 is 0 Å². The average Bonchev–Trinajstić information content (AvgIpc) is 0. The van der Waals surface area contributed by atoms with E-state index in [1.165, 1.54) is 0 Å². The van der Waals surface area contributed by atoms with Crippen LogP contribution in [0.3, 0.4) is 0 Å². The minimum absolute atomic E-state index is 0. The van der Waals surface area contributed by atoms with Crippen molar-refractivity contribution < 1.29 is 53.0 Å². The summed E-state index contributed by atoms with van der Waals surface area (Å²) in [6, 6.07) is 0. The summed E-state index contributed by atoms with van der Waals surface area (Å²) in [5.41, 5.74) is 0. The van der Waals surface area contributed by atoms with E-state index in [4.69, 9.17) is 0 Å². The quantitative estimate of drug-likeness (QED) is 0.452. The SMILES string of the molecule is [Cr].[Mn].[Si].[V]. The van der Waals surface area contributed by atoms with Crippen molar-refractivity contribution in [3.05, 3.63) is 0 Å². The Kier molecular flexibility index (Phi) is 211. The van der Waals surface area contributed by atoms with Gasteiger partial charge in [0.1, 0.15) is 0 Å². The molecule has 4 heavy (non-hydrogen) atoms. The first-order valence-electron chi connectivity index (χ1n) is 0. The zero-order valence-electron chi connectivity index (χ0n) is 1.73. The molecule has 0 N–H and O–H groups in total. The first-order valence-corrected chi connectivity index (χ1v) is 0. The van der Waals surface area contributed by atoms with Gasteiger partial charge in [0.05, 0.1) is 0 Å². The molecular formula is CrMnSiV. The molecule has 0 aliphatic heterocycles. The summed E-state index contributed by atoms with van der Waals surface area (Å²) in [6.07, 6.45) is 0. The molecule has 0 bridgehead atoms. The molecule has 0 heterocycles. The second kappa shape index (κ2) is 21.0. The Hall–Kier alpha value is 1.85. The fourth-order valence-corrected chi connectivity index (χ4v) is 0. The van der Waals surface area contributed by atoms with E-state index in [9.17, 15) is 0 Å². The normalized spacial score (nSPS) is 0. The van der Waals surface area contributed by atoms with Crippen LogP contribution in [0.15, 0.2) is 0 Å². The second-order valence-electron chi connectivity index (χ2n) is 0. The monoisotopic (exact) mass is 186 g/mol. The van der Waals surface area contributed by atoms with Crippen LogP contribution in [-0.4, -0.2) is 11.0 Å². The van der Waals surface area contributed by atoms with Gasteiger partial charge in [-0.05, 0) is 0 Å². The van der Waals surface area contributed by atoms with Crippen molar-refractivity contribution >= 4 is 11.0 Å². The molecule has 0 unspecified atom stereocenters. The summed E-state index contributed by atoms with van der Waals surface area (Å²) in [5, 5.41) is 0.